The Bertz CT molecular complexity index is 3500. The molecule has 3 heteroatoms. The molecule has 1 aromatic heterocycles. The number of benzene rings is 9. The average Bonchev–Trinajstić information content (AvgIpc) is 3.92. The van der Waals surface area contributed by atoms with Gasteiger partial charge in [-0.05, 0) is 97.6 Å². The number of allylic oxidation sites excluding steroid dienone is 1. The number of rotatable bonds is 9. The molecule has 0 saturated heterocycles. The number of ether oxygens (including phenoxy) is 1. The van der Waals surface area contributed by atoms with E-state index < -0.39 is 5.41 Å². The molecule has 0 radical (unpaired) electrons. The molecule has 2 atom stereocenters. The van der Waals surface area contributed by atoms with Crippen LogP contribution in [0.2, 0.25) is 0 Å². The van der Waals surface area contributed by atoms with Crippen LogP contribution in [0.15, 0.2) is 243 Å². The van der Waals surface area contributed by atoms with Crippen LogP contribution in [-0.4, -0.2) is 16.1 Å². The molecule has 0 saturated carbocycles. The Morgan fingerprint density at radius 1 is 0.463 bits per heavy atom. The molecule has 12 rings (SSSR count). The van der Waals surface area contributed by atoms with E-state index in [0.717, 1.165) is 61.3 Å². The van der Waals surface area contributed by atoms with Gasteiger partial charge in [0.05, 0.1) is 16.8 Å². The highest BCUT2D eigenvalue weighted by atomic mass is 16.5. The predicted molar refractivity (Wildman–Crippen MR) is 276 cm³/mol. The topological polar surface area (TPSA) is 35.0 Å². The van der Waals surface area contributed by atoms with E-state index in [1.807, 2.05) is 31.2 Å². The highest BCUT2D eigenvalue weighted by Gasteiger charge is 2.46. The summed E-state index contributed by atoms with van der Waals surface area (Å²) in [6.07, 6.45) is 6.02. The number of hydrogen-bond acceptors (Lipinski definition) is 3. The summed E-state index contributed by atoms with van der Waals surface area (Å²) in [5.74, 6) is 1.59. The Hall–Kier alpha value is -8.40. The van der Waals surface area contributed by atoms with Gasteiger partial charge in [-0.15, -0.1) is 0 Å². The van der Waals surface area contributed by atoms with E-state index in [1.165, 1.54) is 44.5 Å². The summed E-state index contributed by atoms with van der Waals surface area (Å²) >= 11 is 0. The Balaban J connectivity index is 0.985. The van der Waals surface area contributed by atoms with Crippen LogP contribution in [0.25, 0.3) is 78.1 Å². The van der Waals surface area contributed by atoms with Gasteiger partial charge in [-0.2, -0.15) is 0 Å². The van der Waals surface area contributed by atoms with Crippen molar-refractivity contribution in [2.24, 2.45) is 0 Å². The zero-order valence-corrected chi connectivity index (χ0v) is 37.2. The lowest BCUT2D eigenvalue weighted by molar-refractivity contribution is 0.271. The molecule has 1 aliphatic heterocycles. The van der Waals surface area contributed by atoms with E-state index in [2.05, 4.69) is 219 Å². The van der Waals surface area contributed by atoms with Crippen LogP contribution in [0, 0.1) is 0 Å². The van der Waals surface area contributed by atoms with Crippen molar-refractivity contribution in [1.82, 2.24) is 9.97 Å². The molecule has 0 bridgehead atoms. The molecule has 1 aliphatic carbocycles. The lowest BCUT2D eigenvalue weighted by atomic mass is 9.67. The van der Waals surface area contributed by atoms with Crippen LogP contribution < -0.4 is 4.74 Å². The molecule has 2 aliphatic rings. The van der Waals surface area contributed by atoms with Gasteiger partial charge in [0.25, 0.3) is 0 Å². The summed E-state index contributed by atoms with van der Waals surface area (Å²) in [6, 6.07) is 79.0. The van der Waals surface area contributed by atoms with Gasteiger partial charge in [-0.3, -0.25) is 0 Å². The fourth-order valence-corrected chi connectivity index (χ4v) is 10.9. The molecule has 67 heavy (non-hydrogen) atoms. The van der Waals surface area contributed by atoms with Gasteiger partial charge in [0.15, 0.2) is 5.82 Å². The second-order valence-electron chi connectivity index (χ2n) is 17.5. The third-order valence-corrected chi connectivity index (χ3v) is 13.8. The molecule has 0 N–H and O–H groups in total. The van der Waals surface area contributed by atoms with E-state index in [4.69, 9.17) is 14.7 Å². The average molecular weight is 859 g/mol. The number of para-hydroxylation sites is 1. The zero-order chi connectivity index (χ0) is 44.9. The highest BCUT2D eigenvalue weighted by Crippen LogP contribution is 2.57. The molecular formula is C64H46N2O. The lowest BCUT2D eigenvalue weighted by Crippen LogP contribution is -2.28. The van der Waals surface area contributed by atoms with Crippen molar-refractivity contribution < 1.29 is 4.74 Å². The van der Waals surface area contributed by atoms with Crippen LogP contribution in [0.3, 0.4) is 0 Å². The van der Waals surface area contributed by atoms with Gasteiger partial charge < -0.3 is 4.74 Å². The third kappa shape index (κ3) is 6.57. The fraction of sp³-hybridized carbons (Fsp3) is 0.0625. The number of nitrogens with zero attached hydrogens (tertiary/aromatic N) is 2. The summed E-state index contributed by atoms with van der Waals surface area (Å²) in [6.45, 7) is 6.16. The van der Waals surface area contributed by atoms with Crippen LogP contribution in [0.1, 0.15) is 40.7 Å². The minimum absolute atomic E-state index is 0.0827. The van der Waals surface area contributed by atoms with Crippen LogP contribution in [-0.2, 0) is 5.41 Å². The SMILES string of the molecule is C=CC1Oc2c(-c3cc(-c4ccc(-c5cccc(-c6ccc7c(c6)C(c6ccccc6)(c6ccccc6)c6ccccc6-7)c5)c5ccccc45)nc(-c4ccccc4)n3)cccc2C1/C=C\C. The lowest BCUT2D eigenvalue weighted by Gasteiger charge is -2.34. The summed E-state index contributed by atoms with van der Waals surface area (Å²) in [5.41, 5.74) is 17.6. The van der Waals surface area contributed by atoms with Crippen molar-refractivity contribution in [3.63, 3.8) is 0 Å². The van der Waals surface area contributed by atoms with Gasteiger partial charge in [-0.25, -0.2) is 9.97 Å². The van der Waals surface area contributed by atoms with Crippen LogP contribution in [0.4, 0.5) is 0 Å². The predicted octanol–water partition coefficient (Wildman–Crippen LogP) is 15.9. The maximum Gasteiger partial charge on any atom is 0.160 e. The first-order valence-electron chi connectivity index (χ1n) is 23.1. The molecular weight excluding hydrogens is 813 g/mol. The first kappa shape index (κ1) is 40.1. The van der Waals surface area contributed by atoms with Gasteiger partial charge in [-0.1, -0.05) is 219 Å². The molecule has 0 fully saturated rings. The van der Waals surface area contributed by atoms with E-state index in [9.17, 15) is 0 Å². The molecule has 0 amide bonds. The van der Waals surface area contributed by atoms with E-state index in [1.54, 1.807) is 0 Å². The van der Waals surface area contributed by atoms with Gasteiger partial charge in [0, 0.05) is 28.2 Å². The molecule has 0 spiro atoms. The summed E-state index contributed by atoms with van der Waals surface area (Å²) in [7, 11) is 0. The van der Waals surface area contributed by atoms with E-state index >= 15 is 0 Å². The number of aromatic nitrogens is 2. The Morgan fingerprint density at radius 3 is 1.75 bits per heavy atom. The largest absolute Gasteiger partial charge is 0.484 e. The first-order valence-corrected chi connectivity index (χ1v) is 23.1. The van der Waals surface area contributed by atoms with Gasteiger partial charge in [0.2, 0.25) is 0 Å². The maximum absolute atomic E-state index is 6.63. The summed E-state index contributed by atoms with van der Waals surface area (Å²) in [4.78, 5) is 10.5. The van der Waals surface area contributed by atoms with E-state index in [-0.39, 0.29) is 12.0 Å². The summed E-state index contributed by atoms with van der Waals surface area (Å²) < 4.78 is 6.63. The highest BCUT2D eigenvalue weighted by molar-refractivity contribution is 6.05. The second kappa shape index (κ2) is 16.5. The monoisotopic (exact) mass is 858 g/mol. The molecule has 2 heterocycles. The Morgan fingerprint density at radius 2 is 1.01 bits per heavy atom. The molecule has 10 aromatic rings. The van der Waals surface area contributed by atoms with Crippen molar-refractivity contribution in [1.29, 1.82) is 0 Å². The van der Waals surface area contributed by atoms with Gasteiger partial charge in [0.1, 0.15) is 11.9 Å². The van der Waals surface area contributed by atoms with E-state index in [0.29, 0.717) is 5.82 Å². The number of fused-ring (bicyclic) bond motifs is 5. The summed E-state index contributed by atoms with van der Waals surface area (Å²) in [5, 5.41) is 2.27. The fourth-order valence-electron chi connectivity index (χ4n) is 10.9. The first-order chi connectivity index (χ1) is 33.1. The quantitative estimate of drug-likeness (QED) is 0.136. The van der Waals surface area contributed by atoms with Gasteiger partial charge >= 0.3 is 0 Å². The van der Waals surface area contributed by atoms with Crippen molar-refractivity contribution in [2.45, 2.75) is 24.4 Å². The zero-order valence-electron chi connectivity index (χ0n) is 37.2. The minimum Gasteiger partial charge on any atom is -0.484 e. The molecule has 2 unspecified atom stereocenters. The normalized spacial score (nSPS) is 15.5. The smallest absolute Gasteiger partial charge is 0.160 e. The standard InChI is InChI=1S/C64H46N2O/c1-3-20-54-55-32-19-33-56(62(55)67-61(54)4-2)60-41-59(65-63(66-60)42-21-8-5-9-22-42)53-38-37-48(49-29-14-15-30-50(49)53)45-24-18-23-43(39-45)44-35-36-52-51-31-16-17-34-57(51)64(58(52)40-44,46-25-10-6-11-26-46)47-27-12-7-13-28-47/h3-41,54,61H,2H2,1H3/b20-3-. The van der Waals surface area contributed by atoms with Crippen LogP contribution in [0.5, 0.6) is 5.75 Å². The Labute approximate surface area is 392 Å². The van der Waals surface area contributed by atoms with Crippen molar-refractivity contribution in [3.8, 4) is 73.0 Å². The Kier molecular flexibility index (Phi) is 9.91. The number of hydrogen-bond donors (Lipinski definition) is 0. The second-order valence-corrected chi connectivity index (χ2v) is 17.5. The van der Waals surface area contributed by atoms with Crippen LogP contribution >= 0.6 is 0 Å². The molecule has 3 nitrogen and oxygen atoms in total. The molecule has 9 aromatic carbocycles. The molecule has 318 valence electrons. The maximum atomic E-state index is 6.63. The van der Waals surface area contributed by atoms with Crippen molar-refractivity contribution in [3.05, 3.63) is 271 Å². The van der Waals surface area contributed by atoms with Crippen molar-refractivity contribution >= 4 is 10.8 Å². The van der Waals surface area contributed by atoms with Crippen molar-refractivity contribution in [2.75, 3.05) is 0 Å². The minimum atomic E-state index is -0.467. The third-order valence-electron chi connectivity index (χ3n) is 13.8.